The normalized spacial score (nSPS) is 12.0. The van der Waals surface area contributed by atoms with Gasteiger partial charge >= 0.3 is 0 Å². The van der Waals surface area contributed by atoms with Gasteiger partial charge in [0.1, 0.15) is 5.76 Å². The Bertz CT molecular complexity index is 915. The lowest BCUT2D eigenvalue weighted by Gasteiger charge is -2.12. The first-order valence-corrected chi connectivity index (χ1v) is 8.28. The zero-order valence-corrected chi connectivity index (χ0v) is 14.5. The van der Waals surface area contributed by atoms with Crippen molar-refractivity contribution in [2.45, 2.75) is 26.2 Å². The number of H-pyrrole nitrogens is 1. The molecule has 0 aliphatic carbocycles. The summed E-state index contributed by atoms with van der Waals surface area (Å²) in [6, 6.07) is 3.26. The highest BCUT2D eigenvalue weighted by atomic mass is 32.1. The molecular weight excluding hydrogens is 324 g/mol. The number of aromatic nitrogens is 3. The lowest BCUT2D eigenvalue weighted by atomic mass is 9.94. The van der Waals surface area contributed by atoms with Crippen LogP contribution in [0.3, 0.4) is 0 Å². The molecule has 0 radical (unpaired) electrons. The molecule has 3 heterocycles. The molecular formula is C17H18N4O2S. The van der Waals surface area contributed by atoms with Crippen LogP contribution in [0.4, 0.5) is 10.8 Å². The van der Waals surface area contributed by atoms with Gasteiger partial charge in [-0.25, -0.2) is 9.97 Å². The van der Waals surface area contributed by atoms with Gasteiger partial charge < -0.3 is 14.7 Å². The molecule has 7 heteroatoms. The van der Waals surface area contributed by atoms with Gasteiger partial charge in [0.05, 0.1) is 6.20 Å². The molecule has 0 bridgehead atoms. The summed E-state index contributed by atoms with van der Waals surface area (Å²) in [6.45, 7) is 6.24. The van der Waals surface area contributed by atoms with E-state index in [1.54, 1.807) is 24.7 Å². The van der Waals surface area contributed by atoms with Gasteiger partial charge in [0.25, 0.3) is 0 Å². The van der Waals surface area contributed by atoms with Crippen molar-refractivity contribution >= 4 is 34.3 Å². The van der Waals surface area contributed by atoms with Crippen molar-refractivity contribution < 1.29 is 4.42 Å². The number of hydrogen-bond donors (Lipinski definition) is 2. The molecule has 0 saturated carbocycles. The van der Waals surface area contributed by atoms with Gasteiger partial charge in [-0.05, 0) is 12.1 Å². The molecule has 0 atom stereocenters. The maximum atomic E-state index is 11.3. The standard InChI is InChI=1S/C17H18N4O2S/c1-17(2,3)13-10-19-15(23-13)5-4-12-9-20-16(24-12)21-11-6-7-18-14(22)8-11/h4-10H,1-3H3,(H2,18,20,21,22)/b5-4+. The smallest absolute Gasteiger partial charge is 0.249 e. The van der Waals surface area contributed by atoms with E-state index in [1.807, 2.05) is 12.2 Å². The summed E-state index contributed by atoms with van der Waals surface area (Å²) in [5.41, 5.74) is 0.482. The number of pyridine rings is 1. The van der Waals surface area contributed by atoms with Crippen LogP contribution in [0.1, 0.15) is 37.3 Å². The molecule has 0 aliphatic heterocycles. The number of rotatable bonds is 4. The second kappa shape index (κ2) is 6.45. The molecule has 3 rings (SSSR count). The van der Waals surface area contributed by atoms with Crippen molar-refractivity contribution in [3.8, 4) is 0 Å². The maximum absolute atomic E-state index is 11.3. The maximum Gasteiger partial charge on any atom is 0.249 e. The first-order valence-electron chi connectivity index (χ1n) is 7.46. The first kappa shape index (κ1) is 16.2. The molecule has 2 N–H and O–H groups in total. The van der Waals surface area contributed by atoms with E-state index >= 15 is 0 Å². The van der Waals surface area contributed by atoms with E-state index < -0.39 is 0 Å². The van der Waals surface area contributed by atoms with Crippen molar-refractivity contribution in [1.82, 2.24) is 15.0 Å². The van der Waals surface area contributed by atoms with Crippen LogP contribution >= 0.6 is 11.3 Å². The van der Waals surface area contributed by atoms with Gasteiger partial charge in [0, 0.05) is 40.5 Å². The fraction of sp³-hybridized carbons (Fsp3) is 0.235. The Morgan fingerprint density at radius 1 is 1.25 bits per heavy atom. The number of anilines is 2. The third-order valence-corrected chi connectivity index (χ3v) is 4.08. The first-order chi connectivity index (χ1) is 11.4. The Hall–Kier alpha value is -2.67. The fourth-order valence-corrected chi connectivity index (χ4v) is 2.67. The minimum atomic E-state index is -0.157. The third-order valence-electron chi connectivity index (χ3n) is 3.20. The summed E-state index contributed by atoms with van der Waals surface area (Å²) in [7, 11) is 0. The van der Waals surface area contributed by atoms with Crippen LogP contribution in [-0.2, 0) is 5.41 Å². The molecule has 124 valence electrons. The molecule has 3 aromatic heterocycles. The van der Waals surface area contributed by atoms with Crippen LogP contribution in [0.25, 0.3) is 12.2 Å². The highest BCUT2D eigenvalue weighted by Gasteiger charge is 2.18. The monoisotopic (exact) mass is 342 g/mol. The molecule has 0 spiro atoms. The third kappa shape index (κ3) is 3.99. The van der Waals surface area contributed by atoms with Gasteiger partial charge in [-0.3, -0.25) is 4.79 Å². The predicted octanol–water partition coefficient (Wildman–Crippen LogP) is 4.03. The minimum absolute atomic E-state index is 0.0613. The Morgan fingerprint density at radius 3 is 2.79 bits per heavy atom. The molecule has 0 amide bonds. The average Bonchev–Trinajstić information content (AvgIpc) is 3.13. The van der Waals surface area contributed by atoms with E-state index in [2.05, 4.69) is 41.0 Å². The van der Waals surface area contributed by atoms with Gasteiger partial charge in [-0.2, -0.15) is 0 Å². The Balaban J connectivity index is 1.69. The van der Waals surface area contributed by atoms with Crippen LogP contribution in [0.15, 0.2) is 39.9 Å². The average molecular weight is 342 g/mol. The zero-order valence-electron chi connectivity index (χ0n) is 13.7. The Morgan fingerprint density at radius 2 is 2.08 bits per heavy atom. The number of oxazole rings is 1. The predicted molar refractivity (Wildman–Crippen MR) is 96.6 cm³/mol. The van der Waals surface area contributed by atoms with Crippen molar-refractivity contribution in [2.24, 2.45) is 0 Å². The summed E-state index contributed by atoms with van der Waals surface area (Å²) in [4.78, 5) is 23.4. The van der Waals surface area contributed by atoms with E-state index in [4.69, 9.17) is 4.42 Å². The molecule has 3 aromatic rings. The van der Waals surface area contributed by atoms with Crippen molar-refractivity contribution in [3.63, 3.8) is 0 Å². The number of nitrogens with one attached hydrogen (secondary N) is 2. The summed E-state index contributed by atoms with van der Waals surface area (Å²) in [5, 5.41) is 3.81. The van der Waals surface area contributed by atoms with Gasteiger partial charge in [0.15, 0.2) is 5.13 Å². The highest BCUT2D eigenvalue weighted by molar-refractivity contribution is 7.16. The lowest BCUT2D eigenvalue weighted by molar-refractivity contribution is 0.403. The molecule has 0 fully saturated rings. The summed E-state index contributed by atoms with van der Waals surface area (Å²) in [5.74, 6) is 1.42. The second-order valence-corrected chi connectivity index (χ2v) is 7.34. The van der Waals surface area contributed by atoms with E-state index in [1.165, 1.54) is 17.4 Å². The quantitative estimate of drug-likeness (QED) is 0.748. The topological polar surface area (TPSA) is 83.8 Å². The largest absolute Gasteiger partial charge is 0.441 e. The van der Waals surface area contributed by atoms with Crippen LogP contribution < -0.4 is 10.9 Å². The number of nitrogens with zero attached hydrogens (tertiary/aromatic N) is 2. The van der Waals surface area contributed by atoms with Crippen LogP contribution in [0.5, 0.6) is 0 Å². The van der Waals surface area contributed by atoms with Crippen LogP contribution in [-0.4, -0.2) is 15.0 Å². The van der Waals surface area contributed by atoms with Crippen molar-refractivity contribution in [3.05, 3.63) is 57.6 Å². The van der Waals surface area contributed by atoms with Gasteiger partial charge in [-0.1, -0.05) is 32.1 Å². The molecule has 0 unspecified atom stereocenters. The SMILES string of the molecule is CC(C)(C)c1cnc(/C=C/c2cnc(Nc3cc[nH]c(=O)c3)s2)o1. The highest BCUT2D eigenvalue weighted by Crippen LogP contribution is 2.25. The Kier molecular flexibility index (Phi) is 4.35. The molecule has 6 nitrogen and oxygen atoms in total. The molecule has 0 saturated heterocycles. The van der Waals surface area contributed by atoms with E-state index in [9.17, 15) is 4.79 Å². The number of thiazole rings is 1. The lowest BCUT2D eigenvalue weighted by Crippen LogP contribution is -2.09. The summed E-state index contributed by atoms with van der Waals surface area (Å²) < 4.78 is 5.72. The van der Waals surface area contributed by atoms with Crippen LogP contribution in [0.2, 0.25) is 0 Å². The number of aromatic amines is 1. The van der Waals surface area contributed by atoms with Gasteiger partial charge in [-0.15, -0.1) is 0 Å². The van der Waals surface area contributed by atoms with E-state index in [0.717, 1.165) is 10.6 Å². The summed E-state index contributed by atoms with van der Waals surface area (Å²) in [6.07, 6.45) is 8.82. The van der Waals surface area contributed by atoms with E-state index in [0.29, 0.717) is 16.7 Å². The van der Waals surface area contributed by atoms with Crippen molar-refractivity contribution in [2.75, 3.05) is 5.32 Å². The molecule has 24 heavy (non-hydrogen) atoms. The fourth-order valence-electron chi connectivity index (χ4n) is 1.93. The minimum Gasteiger partial charge on any atom is -0.441 e. The van der Waals surface area contributed by atoms with E-state index in [-0.39, 0.29) is 11.0 Å². The Labute approximate surface area is 143 Å². The number of hydrogen-bond acceptors (Lipinski definition) is 6. The second-order valence-electron chi connectivity index (χ2n) is 6.28. The summed E-state index contributed by atoms with van der Waals surface area (Å²) >= 11 is 1.47. The van der Waals surface area contributed by atoms with Gasteiger partial charge in [0.2, 0.25) is 11.4 Å². The molecule has 0 aliphatic rings. The zero-order chi connectivity index (χ0) is 17.2. The molecule has 0 aromatic carbocycles. The van der Waals surface area contributed by atoms with Crippen molar-refractivity contribution in [1.29, 1.82) is 0 Å². The van der Waals surface area contributed by atoms with Crippen LogP contribution in [0, 0.1) is 0 Å².